The summed E-state index contributed by atoms with van der Waals surface area (Å²) in [6.45, 7) is 2.25. The maximum absolute atomic E-state index is 11.1. The summed E-state index contributed by atoms with van der Waals surface area (Å²) >= 11 is 0. The highest BCUT2D eigenvalue weighted by Gasteiger charge is 2.33. The van der Waals surface area contributed by atoms with Gasteiger partial charge in [-0.15, -0.1) is 0 Å². The van der Waals surface area contributed by atoms with Crippen LogP contribution in [0.4, 0.5) is 4.79 Å². The highest BCUT2D eigenvalue weighted by molar-refractivity contribution is 5.89. The molecule has 8 heteroatoms. The summed E-state index contributed by atoms with van der Waals surface area (Å²) in [5, 5.41) is 18.5. The first-order valence-corrected chi connectivity index (χ1v) is 6.51. The Morgan fingerprint density at radius 2 is 1.71 bits per heavy atom. The summed E-state index contributed by atoms with van der Waals surface area (Å²) < 4.78 is 4.81. The van der Waals surface area contributed by atoms with E-state index in [1.807, 2.05) is 21.0 Å². The van der Waals surface area contributed by atoms with Gasteiger partial charge in [-0.2, -0.15) is 0 Å². The van der Waals surface area contributed by atoms with E-state index >= 15 is 0 Å². The van der Waals surface area contributed by atoms with E-state index in [0.29, 0.717) is 24.8 Å². The smallest absolute Gasteiger partial charge is 0.407 e. The molecule has 21 heavy (non-hydrogen) atoms. The fourth-order valence-corrected chi connectivity index (χ4v) is 1.74. The zero-order chi connectivity index (χ0) is 16.4. The maximum Gasteiger partial charge on any atom is 0.407 e. The molecule has 0 aromatic rings. The van der Waals surface area contributed by atoms with Gasteiger partial charge in [-0.05, 0) is 33.9 Å². The fraction of sp³-hybridized carbons (Fsp3) is 0.615. The molecule has 0 radical (unpaired) electrons. The van der Waals surface area contributed by atoms with Gasteiger partial charge >= 0.3 is 18.0 Å². The van der Waals surface area contributed by atoms with E-state index in [1.165, 1.54) is 0 Å². The predicted octanol–water partition coefficient (Wildman–Crippen LogP) is 0.537. The van der Waals surface area contributed by atoms with Crippen LogP contribution >= 0.6 is 0 Å². The van der Waals surface area contributed by atoms with Crippen molar-refractivity contribution < 1.29 is 29.3 Å². The maximum atomic E-state index is 11.1. The number of rotatable bonds is 5. The van der Waals surface area contributed by atoms with Crippen LogP contribution in [0.2, 0.25) is 0 Å². The standard InChI is InChI=1S/C9H18N2O2.C4H4O4/c1-4-13-9(12)10-7-5-6-8(7)11(2)3;5-3(6)1-2-4(7)8/h7-8H,4-6H2,1-3H3,(H,10,12);1-2H,(H,5,6)(H,7,8)/b;2-1-/t7-,8-;/m0./s1. The average molecular weight is 302 g/mol. The molecule has 2 atom stereocenters. The van der Waals surface area contributed by atoms with Crippen LogP contribution in [0.5, 0.6) is 0 Å². The van der Waals surface area contributed by atoms with Gasteiger partial charge in [-0.1, -0.05) is 0 Å². The molecule has 0 aromatic heterocycles. The molecular formula is C13H22N2O6. The minimum absolute atomic E-state index is 0.272. The van der Waals surface area contributed by atoms with E-state index in [9.17, 15) is 14.4 Å². The minimum Gasteiger partial charge on any atom is -0.478 e. The first-order valence-electron chi connectivity index (χ1n) is 6.51. The normalized spacial score (nSPS) is 20.2. The number of carbonyl (C=O) groups is 3. The lowest BCUT2D eigenvalue weighted by Crippen LogP contribution is -2.56. The Balaban J connectivity index is 0.000000433. The Morgan fingerprint density at radius 1 is 1.19 bits per heavy atom. The lowest BCUT2D eigenvalue weighted by atomic mass is 9.86. The molecule has 0 heterocycles. The SMILES string of the molecule is CCOC(=O)N[C@H]1CC[C@@H]1N(C)C.O=C(O)/C=C\C(=O)O. The summed E-state index contributed by atoms with van der Waals surface area (Å²) in [6, 6.07) is 0.749. The number of alkyl carbamates (subject to hydrolysis) is 1. The molecular weight excluding hydrogens is 280 g/mol. The zero-order valence-corrected chi connectivity index (χ0v) is 12.4. The lowest BCUT2D eigenvalue weighted by Gasteiger charge is -2.40. The molecule has 3 N–H and O–H groups in total. The van der Waals surface area contributed by atoms with Gasteiger partial charge in [0, 0.05) is 24.2 Å². The number of ether oxygens (including phenoxy) is 1. The second kappa shape index (κ2) is 9.76. The molecule has 0 bridgehead atoms. The fourth-order valence-electron chi connectivity index (χ4n) is 1.74. The van der Waals surface area contributed by atoms with Gasteiger partial charge in [0.05, 0.1) is 6.61 Å². The van der Waals surface area contributed by atoms with Crippen molar-refractivity contribution in [1.29, 1.82) is 0 Å². The first-order chi connectivity index (χ1) is 9.77. The second-order valence-corrected chi connectivity index (χ2v) is 4.59. The Labute approximate surface area is 123 Å². The Hall–Kier alpha value is -2.09. The number of carboxylic acid groups (broad SMARTS) is 2. The molecule has 1 aliphatic rings. The summed E-state index contributed by atoms with van der Waals surface area (Å²) in [4.78, 5) is 32.3. The molecule has 0 aliphatic heterocycles. The van der Waals surface area contributed by atoms with Crippen LogP contribution in [0.3, 0.4) is 0 Å². The second-order valence-electron chi connectivity index (χ2n) is 4.59. The van der Waals surface area contributed by atoms with Crippen LogP contribution in [0.1, 0.15) is 19.8 Å². The number of hydrogen-bond donors (Lipinski definition) is 3. The topological polar surface area (TPSA) is 116 Å². The molecule has 0 unspecified atom stereocenters. The number of nitrogens with zero attached hydrogens (tertiary/aromatic N) is 1. The molecule has 1 amide bonds. The van der Waals surface area contributed by atoms with Crippen LogP contribution in [0.15, 0.2) is 12.2 Å². The van der Waals surface area contributed by atoms with E-state index in [-0.39, 0.29) is 12.1 Å². The largest absolute Gasteiger partial charge is 0.478 e. The van der Waals surface area contributed by atoms with Gasteiger partial charge in [0.1, 0.15) is 0 Å². The number of nitrogens with one attached hydrogen (secondary N) is 1. The van der Waals surface area contributed by atoms with E-state index in [0.717, 1.165) is 12.8 Å². The summed E-state index contributed by atoms with van der Waals surface area (Å²) in [5.41, 5.74) is 0. The molecule has 1 aliphatic carbocycles. The average Bonchev–Trinajstić information content (AvgIpc) is 2.32. The zero-order valence-electron chi connectivity index (χ0n) is 12.4. The molecule has 1 fully saturated rings. The quantitative estimate of drug-likeness (QED) is 0.634. The van der Waals surface area contributed by atoms with Crippen molar-refractivity contribution in [2.45, 2.75) is 31.8 Å². The van der Waals surface area contributed by atoms with Gasteiger partial charge in [-0.25, -0.2) is 14.4 Å². The van der Waals surface area contributed by atoms with Crippen LogP contribution < -0.4 is 5.32 Å². The van der Waals surface area contributed by atoms with E-state index in [4.69, 9.17) is 14.9 Å². The minimum atomic E-state index is -1.26. The third-order valence-electron chi connectivity index (χ3n) is 2.85. The van der Waals surface area contributed by atoms with Crippen molar-refractivity contribution in [2.75, 3.05) is 20.7 Å². The van der Waals surface area contributed by atoms with Crippen LogP contribution in [-0.4, -0.2) is 65.9 Å². The van der Waals surface area contributed by atoms with E-state index in [2.05, 4.69) is 10.2 Å². The first kappa shape index (κ1) is 18.9. The van der Waals surface area contributed by atoms with Crippen molar-refractivity contribution >= 4 is 18.0 Å². The number of aliphatic carboxylic acids is 2. The monoisotopic (exact) mass is 302 g/mol. The molecule has 120 valence electrons. The van der Waals surface area contributed by atoms with Gasteiger partial charge < -0.3 is 25.2 Å². The Kier molecular flexibility index (Phi) is 8.79. The van der Waals surface area contributed by atoms with Crippen LogP contribution in [0, 0.1) is 0 Å². The van der Waals surface area contributed by atoms with Crippen molar-refractivity contribution in [3.05, 3.63) is 12.2 Å². The Morgan fingerprint density at radius 3 is 2.00 bits per heavy atom. The molecule has 1 saturated carbocycles. The molecule has 0 spiro atoms. The number of carbonyl (C=O) groups excluding carboxylic acids is 1. The predicted molar refractivity (Wildman–Crippen MR) is 75.1 cm³/mol. The summed E-state index contributed by atoms with van der Waals surface area (Å²) in [7, 11) is 4.06. The van der Waals surface area contributed by atoms with Crippen molar-refractivity contribution in [3.8, 4) is 0 Å². The molecule has 8 nitrogen and oxygen atoms in total. The number of amides is 1. The van der Waals surface area contributed by atoms with Gasteiger partial charge in [0.2, 0.25) is 0 Å². The van der Waals surface area contributed by atoms with E-state index < -0.39 is 11.9 Å². The van der Waals surface area contributed by atoms with Crippen LogP contribution in [0.25, 0.3) is 0 Å². The van der Waals surface area contributed by atoms with Gasteiger partial charge in [0.15, 0.2) is 0 Å². The Bertz CT molecular complexity index is 378. The highest BCUT2D eigenvalue weighted by Crippen LogP contribution is 2.23. The van der Waals surface area contributed by atoms with Gasteiger partial charge in [-0.3, -0.25) is 0 Å². The highest BCUT2D eigenvalue weighted by atomic mass is 16.5. The third-order valence-corrected chi connectivity index (χ3v) is 2.85. The summed E-state index contributed by atoms with van der Waals surface area (Å²) in [5.74, 6) is -2.51. The third kappa shape index (κ3) is 8.64. The van der Waals surface area contributed by atoms with Crippen molar-refractivity contribution in [3.63, 3.8) is 0 Å². The number of hydrogen-bond acceptors (Lipinski definition) is 5. The summed E-state index contributed by atoms with van der Waals surface area (Å²) in [6.07, 6.45) is 3.04. The molecule has 0 aromatic carbocycles. The van der Waals surface area contributed by atoms with Crippen molar-refractivity contribution in [1.82, 2.24) is 10.2 Å². The van der Waals surface area contributed by atoms with E-state index in [1.54, 1.807) is 0 Å². The van der Waals surface area contributed by atoms with Crippen molar-refractivity contribution in [2.24, 2.45) is 0 Å². The number of likely N-dealkylation sites (N-methyl/N-ethyl adjacent to an activating group) is 1. The molecule has 1 rings (SSSR count). The molecule has 0 saturated heterocycles. The van der Waals surface area contributed by atoms with Crippen LogP contribution in [-0.2, 0) is 14.3 Å². The van der Waals surface area contributed by atoms with Gasteiger partial charge in [0.25, 0.3) is 0 Å². The number of carboxylic acids is 2. The lowest BCUT2D eigenvalue weighted by molar-refractivity contribution is -0.134.